The molecule has 0 saturated heterocycles. The van der Waals surface area contributed by atoms with E-state index in [9.17, 15) is 14.7 Å². The number of carbonyl (C=O) groups excluding carboxylic acids is 1. The van der Waals surface area contributed by atoms with E-state index in [2.05, 4.69) is 0 Å². The number of hydrogen-bond acceptors (Lipinski definition) is 3. The van der Waals surface area contributed by atoms with Gasteiger partial charge in [0.2, 0.25) is 0 Å². The van der Waals surface area contributed by atoms with Gasteiger partial charge in [0.15, 0.2) is 0 Å². The van der Waals surface area contributed by atoms with Crippen molar-refractivity contribution in [1.82, 2.24) is 0 Å². The summed E-state index contributed by atoms with van der Waals surface area (Å²) in [6.45, 7) is 0. The van der Waals surface area contributed by atoms with Crippen molar-refractivity contribution in [3.8, 4) is 0 Å². The van der Waals surface area contributed by atoms with E-state index in [4.69, 9.17) is 4.74 Å². The molecule has 0 bridgehead atoms. The second-order valence-electron chi connectivity index (χ2n) is 5.13. The first-order valence-electron chi connectivity index (χ1n) is 6.97. The van der Waals surface area contributed by atoms with Crippen LogP contribution in [0.15, 0.2) is 0 Å². The highest BCUT2D eigenvalue weighted by Gasteiger charge is 2.33. The lowest BCUT2D eigenvalue weighted by Gasteiger charge is -2.21. The van der Waals surface area contributed by atoms with Crippen LogP contribution in [-0.2, 0) is 14.3 Å². The summed E-state index contributed by atoms with van der Waals surface area (Å²) >= 11 is 0. The maximum absolute atomic E-state index is 11.7. The van der Waals surface area contributed by atoms with Crippen molar-refractivity contribution in [2.45, 2.75) is 57.8 Å². The molecule has 4 nitrogen and oxygen atoms in total. The van der Waals surface area contributed by atoms with Gasteiger partial charge in [-0.15, -0.1) is 0 Å². The number of methoxy groups -OCH3 is 1. The summed E-state index contributed by atoms with van der Waals surface area (Å²) in [6, 6.07) is 0. The molecular weight excluding hydrogens is 232 g/mol. The van der Waals surface area contributed by atoms with Crippen molar-refractivity contribution in [1.29, 1.82) is 0 Å². The van der Waals surface area contributed by atoms with Gasteiger partial charge in [-0.25, -0.2) is 0 Å². The summed E-state index contributed by atoms with van der Waals surface area (Å²) in [6.07, 6.45) is 8.78. The van der Waals surface area contributed by atoms with E-state index in [0.29, 0.717) is 12.8 Å². The first kappa shape index (κ1) is 15.0. The molecule has 1 aliphatic carbocycles. The molecule has 0 aromatic heterocycles. The topological polar surface area (TPSA) is 63.6 Å². The number of carboxylic acids is 1. The number of ether oxygens (including phenoxy) is 1. The van der Waals surface area contributed by atoms with Crippen LogP contribution in [0, 0.1) is 11.8 Å². The average molecular weight is 256 g/mol. The fraction of sp³-hybridized carbons (Fsp3) is 0.857. The summed E-state index contributed by atoms with van der Waals surface area (Å²) in [5.41, 5.74) is 0. The van der Waals surface area contributed by atoms with E-state index in [0.717, 1.165) is 25.7 Å². The van der Waals surface area contributed by atoms with Gasteiger partial charge < -0.3 is 9.84 Å². The molecule has 1 rings (SSSR count). The maximum atomic E-state index is 11.7. The summed E-state index contributed by atoms with van der Waals surface area (Å²) in [4.78, 5) is 23.1. The Bertz CT molecular complexity index is 275. The van der Waals surface area contributed by atoms with Crippen LogP contribution in [0.25, 0.3) is 0 Å². The minimum atomic E-state index is -0.857. The van der Waals surface area contributed by atoms with E-state index < -0.39 is 17.8 Å². The third-order valence-electron chi connectivity index (χ3n) is 3.84. The number of hydrogen-bond donors (Lipinski definition) is 1. The molecule has 2 unspecified atom stereocenters. The molecule has 0 heterocycles. The maximum Gasteiger partial charge on any atom is 0.309 e. The molecule has 0 aromatic carbocycles. The van der Waals surface area contributed by atoms with Crippen molar-refractivity contribution in [2.24, 2.45) is 11.8 Å². The Balaban J connectivity index is 2.73. The quantitative estimate of drug-likeness (QED) is 0.771. The Morgan fingerprint density at radius 2 is 1.33 bits per heavy atom. The Morgan fingerprint density at radius 1 is 0.889 bits per heavy atom. The first-order valence-corrected chi connectivity index (χ1v) is 6.97. The van der Waals surface area contributed by atoms with Gasteiger partial charge in [0, 0.05) is 0 Å². The van der Waals surface area contributed by atoms with Crippen LogP contribution >= 0.6 is 0 Å². The van der Waals surface area contributed by atoms with Crippen LogP contribution in [0.5, 0.6) is 0 Å². The summed E-state index contributed by atoms with van der Waals surface area (Å²) < 4.78 is 4.77. The number of carbonyl (C=O) groups is 2. The largest absolute Gasteiger partial charge is 0.481 e. The van der Waals surface area contributed by atoms with Crippen LogP contribution in [0.4, 0.5) is 0 Å². The predicted octanol–water partition coefficient (Wildman–Crippen LogP) is 3.00. The van der Waals surface area contributed by atoms with Gasteiger partial charge >= 0.3 is 11.9 Å². The molecular formula is C14H24O4. The van der Waals surface area contributed by atoms with Crippen molar-refractivity contribution in [2.75, 3.05) is 7.11 Å². The van der Waals surface area contributed by atoms with Crippen molar-refractivity contribution >= 4 is 11.9 Å². The molecule has 0 aliphatic heterocycles. The Hall–Kier alpha value is -1.06. The molecule has 1 N–H and O–H groups in total. The van der Waals surface area contributed by atoms with Gasteiger partial charge in [0.05, 0.1) is 18.9 Å². The van der Waals surface area contributed by atoms with Crippen molar-refractivity contribution in [3.05, 3.63) is 0 Å². The Kier molecular flexibility index (Phi) is 6.76. The third kappa shape index (κ3) is 4.67. The van der Waals surface area contributed by atoms with E-state index in [1.54, 1.807) is 0 Å². The first-order chi connectivity index (χ1) is 8.66. The lowest BCUT2D eigenvalue weighted by atomic mass is 9.84. The zero-order chi connectivity index (χ0) is 13.4. The summed E-state index contributed by atoms with van der Waals surface area (Å²) in [5, 5.41) is 9.29. The molecule has 2 atom stereocenters. The zero-order valence-electron chi connectivity index (χ0n) is 11.2. The van der Waals surface area contributed by atoms with Crippen molar-refractivity contribution < 1.29 is 19.4 Å². The second kappa shape index (κ2) is 8.11. The SMILES string of the molecule is COC(=O)C1CCCCCCCCCC1C(=O)O. The molecule has 0 aromatic rings. The van der Waals surface area contributed by atoms with Crippen LogP contribution in [0.2, 0.25) is 0 Å². The summed E-state index contributed by atoms with van der Waals surface area (Å²) in [5.74, 6) is -2.26. The fourth-order valence-electron chi connectivity index (χ4n) is 2.74. The van der Waals surface area contributed by atoms with Gasteiger partial charge in [0.25, 0.3) is 0 Å². The van der Waals surface area contributed by atoms with E-state index in [1.807, 2.05) is 0 Å². The smallest absolute Gasteiger partial charge is 0.309 e. The molecule has 0 spiro atoms. The highest BCUT2D eigenvalue weighted by Crippen LogP contribution is 2.27. The standard InChI is InChI=1S/C14H24O4/c1-18-14(17)12-10-8-6-4-2-3-5-7-9-11(12)13(15)16/h11-12H,2-10H2,1H3,(H,15,16). The molecule has 104 valence electrons. The zero-order valence-corrected chi connectivity index (χ0v) is 11.2. The van der Waals surface area contributed by atoms with Crippen LogP contribution in [-0.4, -0.2) is 24.2 Å². The molecule has 1 fully saturated rings. The van der Waals surface area contributed by atoms with Gasteiger partial charge in [-0.2, -0.15) is 0 Å². The number of carboxylic acid groups (broad SMARTS) is 1. The number of esters is 1. The number of rotatable bonds is 2. The second-order valence-corrected chi connectivity index (χ2v) is 5.13. The predicted molar refractivity (Wildman–Crippen MR) is 68.2 cm³/mol. The van der Waals surface area contributed by atoms with E-state index in [1.165, 1.54) is 26.4 Å². The molecule has 1 saturated carbocycles. The van der Waals surface area contributed by atoms with Crippen LogP contribution in [0.1, 0.15) is 57.8 Å². The Morgan fingerprint density at radius 3 is 1.78 bits per heavy atom. The highest BCUT2D eigenvalue weighted by molar-refractivity contribution is 5.81. The lowest BCUT2D eigenvalue weighted by molar-refractivity contribution is -0.156. The minimum Gasteiger partial charge on any atom is -0.481 e. The lowest BCUT2D eigenvalue weighted by Crippen LogP contribution is -2.31. The molecule has 18 heavy (non-hydrogen) atoms. The molecule has 0 amide bonds. The molecule has 0 radical (unpaired) electrons. The normalized spacial score (nSPS) is 26.9. The average Bonchev–Trinajstić information content (AvgIpc) is 2.41. The van der Waals surface area contributed by atoms with Gasteiger partial charge in [-0.1, -0.05) is 44.9 Å². The fourth-order valence-corrected chi connectivity index (χ4v) is 2.74. The van der Waals surface area contributed by atoms with E-state index in [-0.39, 0.29) is 5.97 Å². The van der Waals surface area contributed by atoms with Crippen molar-refractivity contribution in [3.63, 3.8) is 0 Å². The van der Waals surface area contributed by atoms with Gasteiger partial charge in [-0.05, 0) is 12.8 Å². The number of aliphatic carboxylic acids is 1. The monoisotopic (exact) mass is 256 g/mol. The minimum absolute atomic E-state index is 0.360. The van der Waals surface area contributed by atoms with Crippen LogP contribution in [0.3, 0.4) is 0 Å². The molecule has 4 heteroatoms. The summed E-state index contributed by atoms with van der Waals surface area (Å²) in [7, 11) is 1.34. The van der Waals surface area contributed by atoms with Gasteiger partial charge in [-0.3, -0.25) is 9.59 Å². The highest BCUT2D eigenvalue weighted by atomic mass is 16.5. The van der Waals surface area contributed by atoms with Crippen LogP contribution < -0.4 is 0 Å². The third-order valence-corrected chi connectivity index (χ3v) is 3.84. The molecule has 1 aliphatic rings. The van der Waals surface area contributed by atoms with Gasteiger partial charge in [0.1, 0.15) is 0 Å². The van der Waals surface area contributed by atoms with E-state index >= 15 is 0 Å². The Labute approximate surface area is 109 Å².